The van der Waals surface area contributed by atoms with Gasteiger partial charge in [-0.3, -0.25) is 4.90 Å². The van der Waals surface area contributed by atoms with Crippen LogP contribution < -0.4 is 15.0 Å². The van der Waals surface area contributed by atoms with Crippen LogP contribution in [-0.2, 0) is 4.74 Å². The molecule has 0 unspecified atom stereocenters. The van der Waals surface area contributed by atoms with Crippen LogP contribution in [0.4, 0.5) is 21.0 Å². The normalized spacial score (nSPS) is 13.3. The third-order valence-corrected chi connectivity index (χ3v) is 4.23. The van der Waals surface area contributed by atoms with E-state index in [1.807, 2.05) is 31.2 Å². The van der Waals surface area contributed by atoms with Gasteiger partial charge in [-0.1, -0.05) is 23.8 Å². The second-order valence-electron chi connectivity index (χ2n) is 6.33. The molecule has 1 saturated heterocycles. The Bertz CT molecular complexity index is 807. The molecule has 142 valence electrons. The van der Waals surface area contributed by atoms with Gasteiger partial charge in [0.2, 0.25) is 0 Å². The Balaban J connectivity index is 1.50. The summed E-state index contributed by atoms with van der Waals surface area (Å²) in [7, 11) is 1.70. The van der Waals surface area contributed by atoms with E-state index in [9.17, 15) is 9.59 Å². The minimum atomic E-state index is -0.371. The van der Waals surface area contributed by atoms with E-state index in [1.165, 1.54) is 10.5 Å². The van der Waals surface area contributed by atoms with E-state index in [0.717, 1.165) is 5.75 Å². The summed E-state index contributed by atoms with van der Waals surface area (Å²) in [5, 5.41) is 2.83. The Morgan fingerprint density at radius 2 is 2.04 bits per heavy atom. The quantitative estimate of drug-likeness (QED) is 0.846. The molecule has 27 heavy (non-hydrogen) atoms. The predicted molar refractivity (Wildman–Crippen MR) is 103 cm³/mol. The van der Waals surface area contributed by atoms with Crippen LogP contribution >= 0.6 is 0 Å². The molecular weight excluding hydrogens is 346 g/mol. The van der Waals surface area contributed by atoms with Crippen molar-refractivity contribution < 1.29 is 19.1 Å². The van der Waals surface area contributed by atoms with E-state index in [0.29, 0.717) is 37.7 Å². The number of carbonyl (C=O) groups excluding carboxylic acids is 2. The lowest BCUT2D eigenvalue weighted by Gasteiger charge is -2.19. The SMILES string of the molecule is Cc1ccc(OCCN(C)C(=O)Nc2cccc(N3CCOC3=O)c2)cc1. The van der Waals surface area contributed by atoms with Crippen molar-refractivity contribution in [1.82, 2.24) is 4.90 Å². The van der Waals surface area contributed by atoms with Crippen LogP contribution in [0, 0.1) is 6.92 Å². The lowest BCUT2D eigenvalue weighted by Crippen LogP contribution is -2.34. The summed E-state index contributed by atoms with van der Waals surface area (Å²) in [6.45, 7) is 3.74. The van der Waals surface area contributed by atoms with E-state index in [2.05, 4.69) is 5.32 Å². The van der Waals surface area contributed by atoms with Crippen molar-refractivity contribution in [2.75, 3.05) is 43.6 Å². The van der Waals surface area contributed by atoms with Crippen molar-refractivity contribution in [1.29, 1.82) is 0 Å². The monoisotopic (exact) mass is 369 g/mol. The van der Waals surface area contributed by atoms with Crippen LogP contribution in [0.15, 0.2) is 48.5 Å². The standard InChI is InChI=1S/C20H23N3O4/c1-15-6-8-18(9-7-15)26-12-10-22(2)19(24)21-16-4-3-5-17(14-16)23-11-13-27-20(23)25/h3-9,14H,10-13H2,1-2H3,(H,21,24). The Labute approximate surface area is 158 Å². The number of urea groups is 1. The van der Waals surface area contributed by atoms with Crippen molar-refractivity contribution >= 4 is 23.5 Å². The Morgan fingerprint density at radius 3 is 2.74 bits per heavy atom. The second kappa shape index (κ2) is 8.44. The smallest absolute Gasteiger partial charge is 0.414 e. The topological polar surface area (TPSA) is 71.1 Å². The van der Waals surface area contributed by atoms with Gasteiger partial charge < -0.3 is 19.7 Å². The highest BCUT2D eigenvalue weighted by Gasteiger charge is 2.23. The first-order valence-electron chi connectivity index (χ1n) is 8.79. The predicted octanol–water partition coefficient (Wildman–Crippen LogP) is 3.49. The maximum atomic E-state index is 12.4. The second-order valence-corrected chi connectivity index (χ2v) is 6.33. The molecule has 0 atom stereocenters. The summed E-state index contributed by atoms with van der Waals surface area (Å²) in [6.07, 6.45) is -0.371. The number of likely N-dealkylation sites (N-methyl/N-ethyl adjacent to an activating group) is 1. The van der Waals surface area contributed by atoms with Gasteiger partial charge in [-0.15, -0.1) is 0 Å². The molecule has 3 rings (SSSR count). The van der Waals surface area contributed by atoms with Crippen LogP contribution in [-0.4, -0.2) is 50.4 Å². The minimum absolute atomic E-state index is 0.247. The van der Waals surface area contributed by atoms with Gasteiger partial charge in [-0.25, -0.2) is 9.59 Å². The number of anilines is 2. The molecule has 1 heterocycles. The number of amides is 3. The van der Waals surface area contributed by atoms with Crippen molar-refractivity contribution in [3.8, 4) is 5.75 Å². The van der Waals surface area contributed by atoms with Gasteiger partial charge in [0.15, 0.2) is 0 Å². The van der Waals surface area contributed by atoms with E-state index < -0.39 is 0 Å². The van der Waals surface area contributed by atoms with E-state index in [4.69, 9.17) is 9.47 Å². The van der Waals surface area contributed by atoms with Gasteiger partial charge in [0.25, 0.3) is 0 Å². The van der Waals surface area contributed by atoms with Crippen LogP contribution in [0.1, 0.15) is 5.56 Å². The average molecular weight is 369 g/mol. The number of ether oxygens (including phenoxy) is 2. The van der Waals surface area contributed by atoms with Gasteiger partial charge in [-0.05, 0) is 37.3 Å². The molecule has 0 bridgehead atoms. The lowest BCUT2D eigenvalue weighted by molar-refractivity contribution is 0.181. The zero-order chi connectivity index (χ0) is 19.2. The minimum Gasteiger partial charge on any atom is -0.492 e. The highest BCUT2D eigenvalue weighted by Crippen LogP contribution is 2.22. The molecule has 0 aromatic heterocycles. The van der Waals surface area contributed by atoms with E-state index in [-0.39, 0.29) is 12.1 Å². The first-order chi connectivity index (χ1) is 13.0. The van der Waals surface area contributed by atoms with Crippen LogP contribution in [0.25, 0.3) is 0 Å². The van der Waals surface area contributed by atoms with Crippen molar-refractivity contribution in [3.05, 3.63) is 54.1 Å². The number of cyclic esters (lactones) is 1. The van der Waals surface area contributed by atoms with Gasteiger partial charge in [0.1, 0.15) is 19.0 Å². The Kier molecular flexibility index (Phi) is 5.80. The highest BCUT2D eigenvalue weighted by molar-refractivity contribution is 5.93. The van der Waals surface area contributed by atoms with Gasteiger partial charge >= 0.3 is 12.1 Å². The maximum absolute atomic E-state index is 12.4. The molecule has 7 heteroatoms. The van der Waals surface area contributed by atoms with Crippen LogP contribution in [0.5, 0.6) is 5.75 Å². The number of hydrogen-bond donors (Lipinski definition) is 1. The summed E-state index contributed by atoms with van der Waals surface area (Å²) in [5.41, 5.74) is 2.48. The molecule has 1 N–H and O–H groups in total. The molecule has 1 fully saturated rings. The van der Waals surface area contributed by atoms with Gasteiger partial charge in [0, 0.05) is 18.4 Å². The summed E-state index contributed by atoms with van der Waals surface area (Å²) in [6, 6.07) is 14.7. The fourth-order valence-electron chi connectivity index (χ4n) is 2.63. The zero-order valence-corrected chi connectivity index (χ0v) is 15.5. The number of nitrogens with zero attached hydrogens (tertiary/aromatic N) is 2. The first-order valence-corrected chi connectivity index (χ1v) is 8.79. The molecule has 0 radical (unpaired) electrons. The number of rotatable bonds is 6. The number of aryl methyl sites for hydroxylation is 1. The number of benzene rings is 2. The molecule has 2 aromatic rings. The maximum Gasteiger partial charge on any atom is 0.414 e. The molecule has 0 aliphatic carbocycles. The molecule has 1 aliphatic rings. The molecule has 7 nitrogen and oxygen atoms in total. The molecule has 0 spiro atoms. The van der Waals surface area contributed by atoms with E-state index in [1.54, 1.807) is 36.2 Å². The van der Waals surface area contributed by atoms with Crippen LogP contribution in [0.3, 0.4) is 0 Å². The molecule has 3 amide bonds. The summed E-state index contributed by atoms with van der Waals surface area (Å²) < 4.78 is 10.6. The number of carbonyl (C=O) groups is 2. The fourth-order valence-corrected chi connectivity index (χ4v) is 2.63. The summed E-state index contributed by atoms with van der Waals surface area (Å²) in [5.74, 6) is 0.777. The Hall–Kier alpha value is -3.22. The number of hydrogen-bond acceptors (Lipinski definition) is 4. The first kappa shape index (κ1) is 18.6. The third kappa shape index (κ3) is 4.91. The fraction of sp³-hybridized carbons (Fsp3) is 0.300. The van der Waals surface area contributed by atoms with Gasteiger partial charge in [0.05, 0.1) is 13.1 Å². The van der Waals surface area contributed by atoms with Crippen molar-refractivity contribution in [2.24, 2.45) is 0 Å². The summed E-state index contributed by atoms with van der Waals surface area (Å²) in [4.78, 5) is 27.1. The van der Waals surface area contributed by atoms with Crippen molar-refractivity contribution in [2.45, 2.75) is 6.92 Å². The molecule has 1 aliphatic heterocycles. The zero-order valence-electron chi connectivity index (χ0n) is 15.5. The largest absolute Gasteiger partial charge is 0.492 e. The summed E-state index contributed by atoms with van der Waals surface area (Å²) >= 11 is 0. The number of nitrogens with one attached hydrogen (secondary N) is 1. The lowest BCUT2D eigenvalue weighted by atomic mass is 10.2. The van der Waals surface area contributed by atoms with Crippen LogP contribution in [0.2, 0.25) is 0 Å². The average Bonchev–Trinajstić information content (AvgIpc) is 3.09. The van der Waals surface area contributed by atoms with Gasteiger partial charge in [-0.2, -0.15) is 0 Å². The van der Waals surface area contributed by atoms with Crippen molar-refractivity contribution in [3.63, 3.8) is 0 Å². The van der Waals surface area contributed by atoms with E-state index >= 15 is 0 Å². The molecule has 2 aromatic carbocycles. The highest BCUT2D eigenvalue weighted by atomic mass is 16.6. The molecule has 0 saturated carbocycles. The molecular formula is C20H23N3O4. The third-order valence-electron chi connectivity index (χ3n) is 4.23. The Morgan fingerprint density at radius 1 is 1.26 bits per heavy atom.